The summed E-state index contributed by atoms with van der Waals surface area (Å²) in [6.45, 7) is 3.21. The van der Waals surface area contributed by atoms with Gasteiger partial charge in [-0.1, -0.05) is 0 Å². The maximum absolute atomic E-state index is 11.2. The summed E-state index contributed by atoms with van der Waals surface area (Å²) in [5.41, 5.74) is 0. The molecule has 1 fully saturated rings. The molecule has 2 unspecified atom stereocenters. The van der Waals surface area contributed by atoms with E-state index in [1.54, 1.807) is 6.92 Å². The molecule has 0 aromatic rings. The first-order valence-corrected chi connectivity index (χ1v) is 3.82. The number of imide groups is 1. The molecule has 2 N–H and O–H groups in total. The van der Waals surface area contributed by atoms with E-state index in [-0.39, 0.29) is 12.5 Å². The summed E-state index contributed by atoms with van der Waals surface area (Å²) in [6.07, 6.45) is -0.676. The molecule has 2 atom stereocenters. The van der Waals surface area contributed by atoms with Crippen LogP contribution in [-0.4, -0.2) is 40.6 Å². The Bertz CT molecular complexity index is 215. The fourth-order valence-electron chi connectivity index (χ4n) is 1.10. The third-order valence-electron chi connectivity index (χ3n) is 1.67. The second kappa shape index (κ2) is 3.10. The molecular weight excluding hydrogens is 160 g/mol. The molecular formula is C7H12N2O3. The number of hydrogen-bond donors (Lipinski definition) is 2. The predicted octanol–water partition coefficient (Wildman–Crippen LogP) is -0.693. The highest BCUT2D eigenvalue weighted by atomic mass is 16.3. The van der Waals surface area contributed by atoms with Crippen molar-refractivity contribution < 1.29 is 14.7 Å². The van der Waals surface area contributed by atoms with Gasteiger partial charge < -0.3 is 10.4 Å². The largest absolute Gasteiger partial charge is 0.392 e. The molecule has 68 valence electrons. The fourth-order valence-corrected chi connectivity index (χ4v) is 1.10. The highest BCUT2D eigenvalue weighted by Crippen LogP contribution is 2.05. The van der Waals surface area contributed by atoms with Crippen LogP contribution in [0.5, 0.6) is 0 Å². The van der Waals surface area contributed by atoms with Gasteiger partial charge in [0.15, 0.2) is 0 Å². The highest BCUT2D eigenvalue weighted by molar-refractivity contribution is 6.03. The van der Waals surface area contributed by atoms with Gasteiger partial charge in [0.2, 0.25) is 0 Å². The maximum Gasteiger partial charge on any atom is 0.324 e. The normalized spacial score (nSPS) is 25.9. The van der Waals surface area contributed by atoms with Crippen LogP contribution >= 0.6 is 0 Å². The number of hydrogen-bond acceptors (Lipinski definition) is 3. The zero-order valence-electron chi connectivity index (χ0n) is 7.07. The number of β-amino-alcohol motifs (C(OH)–C–C–N with tert-alkyl or cyclic N) is 1. The van der Waals surface area contributed by atoms with Gasteiger partial charge in [0.25, 0.3) is 5.91 Å². The van der Waals surface area contributed by atoms with Crippen LogP contribution in [0.25, 0.3) is 0 Å². The molecule has 0 aromatic heterocycles. The molecule has 5 heteroatoms. The number of urea groups is 1. The first-order chi connectivity index (χ1) is 5.52. The predicted molar refractivity (Wildman–Crippen MR) is 41.4 cm³/mol. The first-order valence-electron chi connectivity index (χ1n) is 3.82. The van der Waals surface area contributed by atoms with Crippen molar-refractivity contribution in [1.29, 1.82) is 0 Å². The lowest BCUT2D eigenvalue weighted by molar-refractivity contribution is -0.128. The van der Waals surface area contributed by atoms with Crippen molar-refractivity contribution in [3.63, 3.8) is 0 Å². The Morgan fingerprint density at radius 1 is 1.67 bits per heavy atom. The van der Waals surface area contributed by atoms with Crippen LogP contribution in [0.3, 0.4) is 0 Å². The zero-order chi connectivity index (χ0) is 9.30. The van der Waals surface area contributed by atoms with Crippen molar-refractivity contribution in [3.8, 4) is 0 Å². The summed E-state index contributed by atoms with van der Waals surface area (Å²) in [7, 11) is 0. The topological polar surface area (TPSA) is 69.6 Å². The SMILES string of the molecule is CC(O)CN1C(=O)NC(C)C1=O. The quantitative estimate of drug-likeness (QED) is 0.541. The van der Waals surface area contributed by atoms with Crippen molar-refractivity contribution in [3.05, 3.63) is 0 Å². The van der Waals surface area contributed by atoms with Gasteiger partial charge >= 0.3 is 6.03 Å². The molecule has 1 heterocycles. The van der Waals surface area contributed by atoms with Crippen LogP contribution < -0.4 is 5.32 Å². The van der Waals surface area contributed by atoms with Gasteiger partial charge in [0.1, 0.15) is 6.04 Å². The minimum Gasteiger partial charge on any atom is -0.392 e. The van der Waals surface area contributed by atoms with E-state index < -0.39 is 18.2 Å². The number of nitrogens with zero attached hydrogens (tertiary/aromatic N) is 1. The minimum atomic E-state index is -0.676. The lowest BCUT2D eigenvalue weighted by Crippen LogP contribution is -2.36. The van der Waals surface area contributed by atoms with Gasteiger partial charge in [0.05, 0.1) is 12.6 Å². The smallest absolute Gasteiger partial charge is 0.324 e. The number of amides is 3. The van der Waals surface area contributed by atoms with E-state index in [9.17, 15) is 9.59 Å². The number of nitrogens with one attached hydrogen (secondary N) is 1. The van der Waals surface area contributed by atoms with E-state index in [1.807, 2.05) is 0 Å². The van der Waals surface area contributed by atoms with E-state index in [0.717, 1.165) is 4.90 Å². The summed E-state index contributed by atoms with van der Waals surface area (Å²) in [4.78, 5) is 23.2. The second-order valence-corrected chi connectivity index (χ2v) is 2.97. The lowest BCUT2D eigenvalue weighted by atomic mass is 10.3. The molecule has 3 amide bonds. The number of rotatable bonds is 2. The third kappa shape index (κ3) is 1.55. The third-order valence-corrected chi connectivity index (χ3v) is 1.67. The number of carbonyl (C=O) groups is 2. The molecule has 0 radical (unpaired) electrons. The number of aliphatic hydroxyl groups is 1. The Labute approximate surface area is 70.4 Å². The van der Waals surface area contributed by atoms with Crippen LogP contribution in [0.1, 0.15) is 13.8 Å². The van der Waals surface area contributed by atoms with Crippen molar-refractivity contribution >= 4 is 11.9 Å². The van der Waals surface area contributed by atoms with Crippen molar-refractivity contribution in [2.24, 2.45) is 0 Å². The highest BCUT2D eigenvalue weighted by Gasteiger charge is 2.35. The maximum atomic E-state index is 11.2. The van der Waals surface area contributed by atoms with Crippen molar-refractivity contribution in [1.82, 2.24) is 10.2 Å². The van der Waals surface area contributed by atoms with Gasteiger partial charge in [-0.2, -0.15) is 0 Å². The number of aliphatic hydroxyl groups excluding tert-OH is 1. The van der Waals surface area contributed by atoms with Crippen LogP contribution in [-0.2, 0) is 4.79 Å². The first kappa shape index (κ1) is 8.99. The molecule has 0 bridgehead atoms. The van der Waals surface area contributed by atoms with E-state index in [2.05, 4.69) is 5.32 Å². The second-order valence-electron chi connectivity index (χ2n) is 2.97. The van der Waals surface area contributed by atoms with Crippen molar-refractivity contribution in [2.45, 2.75) is 26.0 Å². The average Bonchev–Trinajstić information content (AvgIpc) is 2.16. The molecule has 5 nitrogen and oxygen atoms in total. The Morgan fingerprint density at radius 3 is 2.58 bits per heavy atom. The molecule has 0 spiro atoms. The van der Waals surface area contributed by atoms with Gasteiger partial charge in [0, 0.05) is 0 Å². The average molecular weight is 172 g/mol. The summed E-state index contributed by atoms with van der Waals surface area (Å²) < 4.78 is 0. The molecule has 0 aliphatic carbocycles. The summed E-state index contributed by atoms with van der Waals surface area (Å²) in [5.74, 6) is -0.277. The molecule has 0 aromatic carbocycles. The van der Waals surface area contributed by atoms with Crippen LogP contribution in [0.2, 0.25) is 0 Å². The van der Waals surface area contributed by atoms with Gasteiger partial charge in [-0.15, -0.1) is 0 Å². The van der Waals surface area contributed by atoms with Crippen LogP contribution in [0.15, 0.2) is 0 Å². The van der Waals surface area contributed by atoms with Gasteiger partial charge in [-0.05, 0) is 13.8 Å². The monoisotopic (exact) mass is 172 g/mol. The molecule has 1 aliphatic rings. The zero-order valence-corrected chi connectivity index (χ0v) is 7.07. The summed E-state index contributed by atoms with van der Waals surface area (Å²) >= 11 is 0. The molecule has 1 rings (SSSR count). The standard InChI is InChI=1S/C7H12N2O3/c1-4(10)3-9-6(11)5(2)8-7(9)12/h4-5,10H,3H2,1-2H3,(H,8,12). The summed E-state index contributed by atoms with van der Waals surface area (Å²) in [5, 5.41) is 11.4. The molecule has 1 saturated heterocycles. The van der Waals surface area contributed by atoms with E-state index >= 15 is 0 Å². The van der Waals surface area contributed by atoms with Crippen LogP contribution in [0, 0.1) is 0 Å². The lowest BCUT2D eigenvalue weighted by Gasteiger charge is -2.13. The molecule has 0 saturated carbocycles. The Morgan fingerprint density at radius 2 is 2.25 bits per heavy atom. The fraction of sp³-hybridized carbons (Fsp3) is 0.714. The Kier molecular flexibility index (Phi) is 2.32. The Hall–Kier alpha value is -1.10. The van der Waals surface area contributed by atoms with Gasteiger partial charge in [-0.3, -0.25) is 9.69 Å². The minimum absolute atomic E-state index is 0.0645. The van der Waals surface area contributed by atoms with Gasteiger partial charge in [-0.25, -0.2) is 4.79 Å². The van der Waals surface area contributed by atoms with Crippen molar-refractivity contribution in [2.75, 3.05) is 6.54 Å². The number of carbonyl (C=O) groups excluding carboxylic acids is 2. The summed E-state index contributed by atoms with van der Waals surface area (Å²) in [6, 6.07) is -0.885. The van der Waals surface area contributed by atoms with E-state index in [4.69, 9.17) is 5.11 Å². The molecule has 12 heavy (non-hydrogen) atoms. The molecule has 1 aliphatic heterocycles. The van der Waals surface area contributed by atoms with E-state index in [1.165, 1.54) is 6.92 Å². The van der Waals surface area contributed by atoms with Crippen LogP contribution in [0.4, 0.5) is 4.79 Å². The van der Waals surface area contributed by atoms with E-state index in [0.29, 0.717) is 0 Å². The Balaban J connectivity index is 2.64.